The average molecular weight is 294 g/mol. The Morgan fingerprint density at radius 2 is 1.71 bits per heavy atom. The van der Waals surface area contributed by atoms with Gasteiger partial charge in [-0.1, -0.05) is 6.07 Å². The summed E-state index contributed by atoms with van der Waals surface area (Å²) in [7, 11) is 0. The van der Waals surface area contributed by atoms with Crippen molar-refractivity contribution in [1.82, 2.24) is 0 Å². The normalized spacial score (nSPS) is 15.9. The topological polar surface area (TPSA) is 32.1 Å². The molecule has 1 heterocycles. The first-order chi connectivity index (χ1) is 10.4. The third-order valence-electron chi connectivity index (χ3n) is 3.77. The Kier molecular flexibility index (Phi) is 7.39. The van der Waals surface area contributed by atoms with E-state index in [1.807, 2.05) is 31.2 Å². The predicted molar refractivity (Wildman–Crippen MR) is 83.3 cm³/mol. The fourth-order valence-corrected chi connectivity index (χ4v) is 2.66. The van der Waals surface area contributed by atoms with Gasteiger partial charge in [0.25, 0.3) is 0 Å². The van der Waals surface area contributed by atoms with Gasteiger partial charge in [-0.05, 0) is 38.3 Å². The Balaban J connectivity index is 1.53. The van der Waals surface area contributed by atoms with Crippen molar-refractivity contribution < 1.29 is 19.1 Å². The Labute approximate surface area is 128 Å². The zero-order valence-corrected chi connectivity index (χ0v) is 13.1. The third kappa shape index (κ3) is 6.36. The molecule has 1 aromatic rings. The summed E-state index contributed by atoms with van der Waals surface area (Å²) in [6.45, 7) is 8.46. The molecule has 0 spiro atoms. The molecule has 1 aliphatic heterocycles. The van der Waals surface area contributed by atoms with Crippen LogP contribution < -0.4 is 14.4 Å². The molecule has 0 unspecified atom stereocenters. The first-order valence-corrected chi connectivity index (χ1v) is 8.15. The molecule has 1 aliphatic rings. The van der Waals surface area contributed by atoms with E-state index in [1.165, 1.54) is 32.4 Å². The van der Waals surface area contributed by atoms with Crippen LogP contribution in [-0.2, 0) is 4.74 Å². The van der Waals surface area contributed by atoms with Crippen LogP contribution in [0.25, 0.3) is 0 Å². The highest BCUT2D eigenvalue weighted by Gasteiger charge is 2.12. The number of hydrogen-bond acceptors (Lipinski definition) is 3. The van der Waals surface area contributed by atoms with E-state index in [1.54, 1.807) is 4.90 Å². The lowest BCUT2D eigenvalue weighted by molar-refractivity contribution is -0.905. The van der Waals surface area contributed by atoms with Gasteiger partial charge < -0.3 is 19.1 Å². The first-order valence-electron chi connectivity index (χ1n) is 8.15. The number of likely N-dealkylation sites (tertiary alicyclic amines) is 1. The van der Waals surface area contributed by atoms with Gasteiger partial charge in [0.2, 0.25) is 0 Å². The van der Waals surface area contributed by atoms with Crippen molar-refractivity contribution >= 4 is 0 Å². The number of rotatable bonds is 9. The predicted octanol–water partition coefficient (Wildman–Crippen LogP) is 1.55. The van der Waals surface area contributed by atoms with E-state index in [4.69, 9.17) is 14.2 Å². The van der Waals surface area contributed by atoms with Crippen molar-refractivity contribution in [3.05, 3.63) is 24.3 Å². The summed E-state index contributed by atoms with van der Waals surface area (Å²) in [6, 6.07) is 7.75. The summed E-state index contributed by atoms with van der Waals surface area (Å²) in [5, 5.41) is 0. The Morgan fingerprint density at radius 1 is 0.952 bits per heavy atom. The van der Waals surface area contributed by atoms with E-state index < -0.39 is 0 Å². The van der Waals surface area contributed by atoms with Gasteiger partial charge in [-0.3, -0.25) is 0 Å². The van der Waals surface area contributed by atoms with Crippen molar-refractivity contribution in [3.8, 4) is 11.5 Å². The Morgan fingerprint density at radius 3 is 2.48 bits per heavy atom. The number of quaternary nitrogens is 1. The van der Waals surface area contributed by atoms with Crippen LogP contribution >= 0.6 is 0 Å². The molecule has 4 nitrogen and oxygen atoms in total. The molecule has 0 aromatic heterocycles. The van der Waals surface area contributed by atoms with Crippen molar-refractivity contribution in [2.24, 2.45) is 0 Å². The van der Waals surface area contributed by atoms with Gasteiger partial charge in [0, 0.05) is 6.07 Å². The molecule has 0 bridgehead atoms. The maximum Gasteiger partial charge on any atom is 0.123 e. The van der Waals surface area contributed by atoms with E-state index in [9.17, 15) is 0 Å². The quantitative estimate of drug-likeness (QED) is 0.701. The molecule has 1 saturated heterocycles. The van der Waals surface area contributed by atoms with Crippen molar-refractivity contribution in [2.45, 2.75) is 26.2 Å². The number of piperidine rings is 1. The number of ether oxygens (including phenoxy) is 3. The monoisotopic (exact) mass is 294 g/mol. The molecule has 1 N–H and O–H groups in total. The van der Waals surface area contributed by atoms with E-state index in [0.717, 1.165) is 24.7 Å². The summed E-state index contributed by atoms with van der Waals surface area (Å²) in [5.41, 5.74) is 0. The lowest BCUT2D eigenvalue weighted by atomic mass is 10.1. The second-order valence-corrected chi connectivity index (χ2v) is 5.43. The molecule has 0 saturated carbocycles. The van der Waals surface area contributed by atoms with E-state index in [0.29, 0.717) is 19.8 Å². The SMILES string of the molecule is CCOc1cccc(OCCOCC[NH+]2CCCCC2)c1. The molecule has 4 heteroatoms. The van der Waals surface area contributed by atoms with Gasteiger partial charge in [0.1, 0.15) is 24.7 Å². The van der Waals surface area contributed by atoms with E-state index in [2.05, 4.69) is 0 Å². The first kappa shape index (κ1) is 16.1. The zero-order valence-electron chi connectivity index (χ0n) is 13.1. The van der Waals surface area contributed by atoms with Crippen LogP contribution in [0.15, 0.2) is 24.3 Å². The summed E-state index contributed by atoms with van der Waals surface area (Å²) < 4.78 is 16.8. The van der Waals surface area contributed by atoms with E-state index >= 15 is 0 Å². The maximum atomic E-state index is 5.67. The van der Waals surface area contributed by atoms with Crippen LogP contribution in [0.3, 0.4) is 0 Å². The molecule has 21 heavy (non-hydrogen) atoms. The van der Waals surface area contributed by atoms with Gasteiger partial charge in [-0.2, -0.15) is 0 Å². The van der Waals surface area contributed by atoms with Crippen LogP contribution in [0.5, 0.6) is 11.5 Å². The highest BCUT2D eigenvalue weighted by Crippen LogP contribution is 2.19. The van der Waals surface area contributed by atoms with Crippen molar-refractivity contribution in [1.29, 1.82) is 0 Å². The number of nitrogens with one attached hydrogen (secondary N) is 1. The highest BCUT2D eigenvalue weighted by molar-refractivity contribution is 5.32. The largest absolute Gasteiger partial charge is 0.494 e. The average Bonchev–Trinajstić information content (AvgIpc) is 2.52. The van der Waals surface area contributed by atoms with Gasteiger partial charge in [0.15, 0.2) is 0 Å². The van der Waals surface area contributed by atoms with E-state index in [-0.39, 0.29) is 0 Å². The summed E-state index contributed by atoms with van der Waals surface area (Å²) in [5.74, 6) is 1.69. The molecule has 118 valence electrons. The Bertz CT molecular complexity index is 391. The molecular formula is C17H28NO3+. The summed E-state index contributed by atoms with van der Waals surface area (Å²) in [4.78, 5) is 1.69. The molecule has 1 aromatic carbocycles. The molecular weight excluding hydrogens is 266 g/mol. The van der Waals surface area contributed by atoms with Gasteiger partial charge in [0.05, 0.1) is 32.9 Å². The zero-order chi connectivity index (χ0) is 14.8. The smallest absolute Gasteiger partial charge is 0.123 e. The third-order valence-corrected chi connectivity index (χ3v) is 3.77. The molecule has 0 aliphatic carbocycles. The fourth-order valence-electron chi connectivity index (χ4n) is 2.66. The van der Waals surface area contributed by atoms with Crippen molar-refractivity contribution in [2.75, 3.05) is 46.1 Å². The number of hydrogen-bond donors (Lipinski definition) is 1. The molecule has 2 rings (SSSR count). The van der Waals surface area contributed by atoms with Crippen LogP contribution in [0.2, 0.25) is 0 Å². The minimum absolute atomic E-state index is 0.588. The van der Waals surface area contributed by atoms with Crippen LogP contribution in [0.4, 0.5) is 0 Å². The molecule has 0 radical (unpaired) electrons. The summed E-state index contributed by atoms with van der Waals surface area (Å²) >= 11 is 0. The second kappa shape index (κ2) is 9.64. The van der Waals surface area contributed by atoms with Gasteiger partial charge >= 0.3 is 0 Å². The van der Waals surface area contributed by atoms with Gasteiger partial charge in [-0.15, -0.1) is 0 Å². The lowest BCUT2D eigenvalue weighted by Gasteiger charge is -2.23. The Hall–Kier alpha value is -1.26. The minimum Gasteiger partial charge on any atom is -0.494 e. The molecule has 0 amide bonds. The number of benzene rings is 1. The van der Waals surface area contributed by atoms with Crippen LogP contribution in [-0.4, -0.2) is 46.1 Å². The maximum absolute atomic E-state index is 5.67. The standard InChI is InChI=1S/C17H27NO3/c1-2-20-16-7-6-8-17(15-16)21-14-13-19-12-11-18-9-4-3-5-10-18/h6-8,15H,2-5,9-14H2,1H3/p+1. The lowest BCUT2D eigenvalue weighted by Crippen LogP contribution is -3.13. The van der Waals surface area contributed by atoms with Crippen LogP contribution in [0, 0.1) is 0 Å². The molecule has 0 atom stereocenters. The van der Waals surface area contributed by atoms with Crippen LogP contribution in [0.1, 0.15) is 26.2 Å². The second-order valence-electron chi connectivity index (χ2n) is 5.43. The highest BCUT2D eigenvalue weighted by atomic mass is 16.5. The minimum atomic E-state index is 0.588. The van der Waals surface area contributed by atoms with Gasteiger partial charge in [-0.25, -0.2) is 0 Å². The fraction of sp³-hybridized carbons (Fsp3) is 0.647. The van der Waals surface area contributed by atoms with Crippen molar-refractivity contribution in [3.63, 3.8) is 0 Å². The summed E-state index contributed by atoms with van der Waals surface area (Å²) in [6.07, 6.45) is 4.14. The molecule has 1 fully saturated rings.